The number of ether oxygens (including phenoxy) is 2. The Bertz CT molecular complexity index is 829. The van der Waals surface area contributed by atoms with E-state index in [1.165, 1.54) is 0 Å². The van der Waals surface area contributed by atoms with Crippen LogP contribution in [0.25, 0.3) is 0 Å². The summed E-state index contributed by atoms with van der Waals surface area (Å²) in [5.41, 5.74) is 0. The van der Waals surface area contributed by atoms with Crippen LogP contribution in [0.1, 0.15) is 38.5 Å². The Morgan fingerprint density at radius 2 is 0.917 bits per heavy atom. The molecule has 36 heavy (non-hydrogen) atoms. The SMILES string of the molecule is O=S(=O)(O)C(F)(F)C(F)(F)OC(F)(F)C(F)(F)CCCCCCC(F)(F)C(F)(F)OC(F)(F)C(F)F. The monoisotopic (exact) mass is 598 g/mol. The van der Waals surface area contributed by atoms with Crippen LogP contribution >= 0.6 is 0 Å². The van der Waals surface area contributed by atoms with Crippen LogP contribution in [0.2, 0.25) is 0 Å². The largest absolute Gasteiger partial charge is 0.460 e. The van der Waals surface area contributed by atoms with E-state index < -0.39 is 96.6 Å². The molecule has 0 aliphatic carbocycles. The third-order valence-electron chi connectivity index (χ3n) is 4.02. The van der Waals surface area contributed by atoms with Gasteiger partial charge in [0, 0.05) is 12.8 Å². The topological polar surface area (TPSA) is 72.8 Å². The number of unbranched alkanes of at least 4 members (excludes halogenated alkanes) is 3. The van der Waals surface area contributed by atoms with Crippen molar-refractivity contribution < 1.29 is 92.7 Å². The van der Waals surface area contributed by atoms with Crippen LogP contribution in [-0.4, -0.2) is 60.9 Å². The van der Waals surface area contributed by atoms with Crippen molar-refractivity contribution in [2.75, 3.05) is 0 Å². The van der Waals surface area contributed by atoms with Gasteiger partial charge in [-0.1, -0.05) is 12.8 Å². The smallest absolute Gasteiger partial charge is 0.281 e. The molecule has 0 fully saturated rings. The summed E-state index contributed by atoms with van der Waals surface area (Å²) in [6, 6.07) is 0. The summed E-state index contributed by atoms with van der Waals surface area (Å²) in [7, 11) is -7.13. The van der Waals surface area contributed by atoms with Gasteiger partial charge >= 0.3 is 58.1 Å². The summed E-state index contributed by atoms with van der Waals surface area (Å²) >= 11 is 0. The summed E-state index contributed by atoms with van der Waals surface area (Å²) in [6.45, 7) is 0. The Hall–Kier alpha value is -1.29. The first-order valence-electron chi connectivity index (χ1n) is 8.86. The Morgan fingerprint density at radius 3 is 1.22 bits per heavy atom. The fraction of sp³-hybridized carbons (Fsp3) is 1.00. The van der Waals surface area contributed by atoms with E-state index in [-0.39, 0.29) is 0 Å². The first-order valence-corrected chi connectivity index (χ1v) is 10.3. The molecule has 0 aliphatic rings. The predicted octanol–water partition coefficient (Wildman–Crippen LogP) is 6.75. The molecule has 0 bridgehead atoms. The summed E-state index contributed by atoms with van der Waals surface area (Å²) in [5, 5.41) is -6.80. The second-order valence-electron chi connectivity index (χ2n) is 6.93. The minimum Gasteiger partial charge on any atom is -0.281 e. The van der Waals surface area contributed by atoms with E-state index in [1.54, 1.807) is 0 Å². The molecule has 0 radical (unpaired) electrons. The first-order chi connectivity index (χ1) is 15.6. The lowest BCUT2D eigenvalue weighted by molar-refractivity contribution is -0.456. The third-order valence-corrected chi connectivity index (χ3v) is 4.91. The Morgan fingerprint density at radius 1 is 0.583 bits per heavy atom. The molecule has 1 N–H and O–H groups in total. The lowest BCUT2D eigenvalue weighted by Crippen LogP contribution is -2.55. The highest BCUT2D eigenvalue weighted by Gasteiger charge is 2.73. The van der Waals surface area contributed by atoms with Gasteiger partial charge in [0.05, 0.1) is 0 Å². The van der Waals surface area contributed by atoms with Crippen LogP contribution in [0.5, 0.6) is 0 Å². The van der Waals surface area contributed by atoms with Crippen molar-refractivity contribution in [3.63, 3.8) is 0 Å². The van der Waals surface area contributed by atoms with Gasteiger partial charge < -0.3 is 0 Å². The highest BCUT2D eigenvalue weighted by Crippen LogP contribution is 2.48. The van der Waals surface area contributed by atoms with Crippen LogP contribution in [-0.2, 0) is 19.6 Å². The Balaban J connectivity index is 4.94. The molecule has 0 aliphatic heterocycles. The molecule has 0 saturated heterocycles. The molecular formula is C14H14F16O5S. The summed E-state index contributed by atoms with van der Waals surface area (Å²) < 4.78 is 239. The summed E-state index contributed by atoms with van der Waals surface area (Å²) in [5.74, 6) is -11.2. The molecular weight excluding hydrogens is 584 g/mol. The minimum absolute atomic E-state index is 0.823. The van der Waals surface area contributed by atoms with E-state index in [1.807, 2.05) is 4.74 Å². The van der Waals surface area contributed by atoms with E-state index in [4.69, 9.17) is 4.55 Å². The zero-order valence-corrected chi connectivity index (χ0v) is 17.7. The van der Waals surface area contributed by atoms with E-state index in [0.29, 0.717) is 0 Å². The average molecular weight is 598 g/mol. The van der Waals surface area contributed by atoms with Crippen LogP contribution in [0.15, 0.2) is 0 Å². The molecule has 0 spiro atoms. The molecule has 0 rings (SSSR count). The van der Waals surface area contributed by atoms with Gasteiger partial charge in [0.2, 0.25) is 0 Å². The van der Waals surface area contributed by atoms with Gasteiger partial charge in [0.1, 0.15) is 0 Å². The van der Waals surface area contributed by atoms with Gasteiger partial charge in [-0.3, -0.25) is 4.55 Å². The van der Waals surface area contributed by atoms with Gasteiger partial charge in [0.25, 0.3) is 0 Å². The molecule has 0 unspecified atom stereocenters. The maximum absolute atomic E-state index is 13.5. The van der Waals surface area contributed by atoms with Crippen molar-refractivity contribution in [3.05, 3.63) is 0 Å². The predicted molar refractivity (Wildman–Crippen MR) is 82.1 cm³/mol. The number of hydrogen-bond donors (Lipinski definition) is 1. The van der Waals surface area contributed by atoms with Crippen molar-refractivity contribution in [2.24, 2.45) is 0 Å². The van der Waals surface area contributed by atoms with Gasteiger partial charge in [-0.05, 0) is 12.8 Å². The van der Waals surface area contributed by atoms with Crippen molar-refractivity contribution >= 4 is 10.1 Å². The van der Waals surface area contributed by atoms with E-state index >= 15 is 0 Å². The van der Waals surface area contributed by atoms with Crippen molar-refractivity contribution in [1.29, 1.82) is 0 Å². The zero-order valence-electron chi connectivity index (χ0n) is 16.9. The first kappa shape index (κ1) is 34.7. The van der Waals surface area contributed by atoms with E-state index in [9.17, 15) is 78.7 Å². The van der Waals surface area contributed by atoms with Crippen molar-refractivity contribution in [3.8, 4) is 0 Å². The lowest BCUT2D eigenvalue weighted by Gasteiger charge is -2.31. The quantitative estimate of drug-likeness (QED) is 0.121. The maximum Gasteiger partial charge on any atom is 0.460 e. The number of alkyl halides is 16. The second-order valence-corrected chi connectivity index (χ2v) is 8.39. The second kappa shape index (κ2) is 10.8. The zero-order chi connectivity index (χ0) is 29.2. The molecule has 0 saturated carbocycles. The molecule has 22 heteroatoms. The van der Waals surface area contributed by atoms with Crippen LogP contribution in [0, 0.1) is 0 Å². The van der Waals surface area contributed by atoms with Gasteiger partial charge in [-0.15, -0.1) is 0 Å². The van der Waals surface area contributed by atoms with E-state index in [2.05, 4.69) is 4.74 Å². The van der Waals surface area contributed by atoms with Crippen LogP contribution in [0.3, 0.4) is 0 Å². The number of rotatable bonds is 16. The summed E-state index contributed by atoms with van der Waals surface area (Å²) in [4.78, 5) is 0. The summed E-state index contributed by atoms with van der Waals surface area (Å²) in [6.07, 6.45) is -38.7. The van der Waals surface area contributed by atoms with Crippen LogP contribution in [0.4, 0.5) is 70.2 Å². The minimum atomic E-state index is -7.13. The molecule has 0 aromatic rings. The molecule has 0 aromatic heterocycles. The Labute approximate surface area is 190 Å². The van der Waals surface area contributed by atoms with Crippen molar-refractivity contribution in [2.45, 2.75) is 86.5 Å². The maximum atomic E-state index is 13.5. The fourth-order valence-electron chi connectivity index (χ4n) is 2.07. The fourth-order valence-corrected chi connectivity index (χ4v) is 2.42. The molecule has 5 nitrogen and oxygen atoms in total. The molecule has 0 aromatic carbocycles. The van der Waals surface area contributed by atoms with Crippen molar-refractivity contribution in [1.82, 2.24) is 0 Å². The molecule has 0 amide bonds. The van der Waals surface area contributed by atoms with Gasteiger partial charge in [-0.25, -0.2) is 18.3 Å². The van der Waals surface area contributed by atoms with E-state index in [0.717, 1.165) is 0 Å². The third kappa shape index (κ3) is 8.10. The normalized spacial score (nSPS) is 15.6. The number of hydrogen-bond acceptors (Lipinski definition) is 4. The highest BCUT2D eigenvalue weighted by molar-refractivity contribution is 7.86. The average Bonchev–Trinajstić information content (AvgIpc) is 2.61. The molecule has 0 heterocycles. The lowest BCUT2D eigenvalue weighted by atomic mass is 10.0. The van der Waals surface area contributed by atoms with Gasteiger partial charge in [0.15, 0.2) is 0 Å². The molecule has 218 valence electrons. The van der Waals surface area contributed by atoms with Crippen LogP contribution < -0.4 is 0 Å². The standard InChI is InChI=1S/C14H14F16O5S/c15-7(16)10(21,22)34-11(23,24)8(17,18)5-3-1-2-4-6-9(19,20)12(25,26)35-13(27,28)14(29,30)36(31,32)33/h7H,1-6H2,(H,31,32,33). The Kier molecular flexibility index (Phi) is 10.4. The van der Waals surface area contributed by atoms with Gasteiger partial charge in [-0.2, -0.15) is 69.9 Å². The molecule has 0 atom stereocenters. The highest BCUT2D eigenvalue weighted by atomic mass is 32.2. The number of halogens is 16.